The first-order valence-corrected chi connectivity index (χ1v) is 5.58. The van der Waals surface area contributed by atoms with Crippen LogP contribution in [0.15, 0.2) is 48.5 Å². The Bertz CT molecular complexity index is 557. The Balaban J connectivity index is 2.01. The SMILES string of the molecule is Oc1ccc(OC(=S)Nc2ccccc2F)cc1. The summed E-state index contributed by atoms with van der Waals surface area (Å²) in [5.41, 5.74) is 0.251. The summed E-state index contributed by atoms with van der Waals surface area (Å²) in [6.07, 6.45) is 0. The molecular formula is C13H10FNO2S. The fourth-order valence-corrected chi connectivity index (χ4v) is 1.53. The molecule has 0 fully saturated rings. The van der Waals surface area contributed by atoms with Crippen LogP contribution >= 0.6 is 12.2 Å². The van der Waals surface area contributed by atoms with Crippen molar-refractivity contribution in [3.8, 4) is 11.5 Å². The largest absolute Gasteiger partial charge is 0.508 e. The van der Waals surface area contributed by atoms with E-state index in [-0.39, 0.29) is 16.6 Å². The predicted molar refractivity (Wildman–Crippen MR) is 71.4 cm³/mol. The summed E-state index contributed by atoms with van der Waals surface area (Å²) in [5, 5.41) is 11.8. The molecule has 0 aliphatic rings. The Morgan fingerprint density at radius 3 is 2.44 bits per heavy atom. The molecule has 92 valence electrons. The minimum Gasteiger partial charge on any atom is -0.508 e. The number of rotatable bonds is 2. The zero-order valence-electron chi connectivity index (χ0n) is 9.26. The van der Waals surface area contributed by atoms with Gasteiger partial charge in [0, 0.05) is 0 Å². The number of halogens is 1. The molecule has 0 aromatic heterocycles. The first-order chi connectivity index (χ1) is 8.65. The van der Waals surface area contributed by atoms with Crippen molar-refractivity contribution < 1.29 is 14.2 Å². The maximum Gasteiger partial charge on any atom is 0.266 e. The standard InChI is InChI=1S/C13H10FNO2S/c14-11-3-1-2-4-12(11)15-13(18)17-10-7-5-9(16)6-8-10/h1-8,16H,(H,15,18). The minimum absolute atomic E-state index is 0.0331. The molecule has 3 nitrogen and oxygen atoms in total. The van der Waals surface area contributed by atoms with Gasteiger partial charge in [0.25, 0.3) is 5.17 Å². The Labute approximate surface area is 109 Å². The van der Waals surface area contributed by atoms with Crippen LogP contribution in [0.1, 0.15) is 0 Å². The lowest BCUT2D eigenvalue weighted by Crippen LogP contribution is -2.17. The van der Waals surface area contributed by atoms with Crippen molar-refractivity contribution in [2.75, 3.05) is 5.32 Å². The highest BCUT2D eigenvalue weighted by Gasteiger charge is 2.04. The van der Waals surface area contributed by atoms with Gasteiger partial charge in [-0.2, -0.15) is 0 Å². The number of anilines is 1. The third-order valence-corrected chi connectivity index (χ3v) is 2.34. The van der Waals surface area contributed by atoms with Crippen molar-refractivity contribution in [2.45, 2.75) is 0 Å². The molecule has 0 aliphatic carbocycles. The molecule has 0 saturated carbocycles. The summed E-state index contributed by atoms with van der Waals surface area (Å²) >= 11 is 4.95. The maximum atomic E-state index is 13.3. The number of ether oxygens (including phenoxy) is 1. The van der Waals surface area contributed by atoms with Gasteiger partial charge in [0.05, 0.1) is 5.69 Å². The zero-order chi connectivity index (χ0) is 13.0. The highest BCUT2D eigenvalue weighted by atomic mass is 32.1. The van der Waals surface area contributed by atoms with E-state index in [0.717, 1.165) is 0 Å². The van der Waals surface area contributed by atoms with Crippen LogP contribution in [0.2, 0.25) is 0 Å². The fourth-order valence-electron chi connectivity index (χ4n) is 1.32. The molecule has 0 bridgehead atoms. The van der Waals surface area contributed by atoms with Gasteiger partial charge < -0.3 is 15.2 Å². The monoisotopic (exact) mass is 263 g/mol. The number of phenolic OH excluding ortho intramolecular Hbond substituents is 1. The lowest BCUT2D eigenvalue weighted by atomic mass is 10.3. The molecule has 2 N–H and O–H groups in total. The van der Waals surface area contributed by atoms with Crippen LogP contribution < -0.4 is 10.1 Å². The van der Waals surface area contributed by atoms with Crippen LogP contribution in [0.5, 0.6) is 11.5 Å². The van der Waals surface area contributed by atoms with E-state index in [4.69, 9.17) is 22.1 Å². The summed E-state index contributed by atoms with van der Waals surface area (Å²) in [5.74, 6) is 0.186. The quantitative estimate of drug-likeness (QED) is 0.816. The molecule has 5 heteroatoms. The highest BCUT2D eigenvalue weighted by Crippen LogP contribution is 2.17. The molecule has 18 heavy (non-hydrogen) atoms. The Kier molecular flexibility index (Phi) is 3.74. The molecule has 0 aliphatic heterocycles. The van der Waals surface area contributed by atoms with E-state index in [1.54, 1.807) is 30.3 Å². The minimum atomic E-state index is -0.408. The van der Waals surface area contributed by atoms with Crippen LogP contribution in [-0.2, 0) is 0 Å². The molecular weight excluding hydrogens is 253 g/mol. The molecule has 2 aromatic carbocycles. The van der Waals surface area contributed by atoms with Crippen molar-refractivity contribution in [3.63, 3.8) is 0 Å². The lowest BCUT2D eigenvalue weighted by molar-refractivity contribution is 0.473. The second kappa shape index (κ2) is 5.46. The normalized spacial score (nSPS) is 9.83. The third-order valence-electron chi connectivity index (χ3n) is 2.16. The van der Waals surface area contributed by atoms with Crippen LogP contribution in [0.25, 0.3) is 0 Å². The van der Waals surface area contributed by atoms with Crippen molar-refractivity contribution in [3.05, 3.63) is 54.3 Å². The van der Waals surface area contributed by atoms with E-state index in [2.05, 4.69) is 5.32 Å². The van der Waals surface area contributed by atoms with Gasteiger partial charge in [-0.3, -0.25) is 0 Å². The highest BCUT2D eigenvalue weighted by molar-refractivity contribution is 7.80. The van der Waals surface area contributed by atoms with Gasteiger partial charge in [-0.25, -0.2) is 4.39 Å². The zero-order valence-corrected chi connectivity index (χ0v) is 10.1. The van der Waals surface area contributed by atoms with Crippen LogP contribution in [-0.4, -0.2) is 10.3 Å². The van der Waals surface area contributed by atoms with E-state index in [1.807, 2.05) is 0 Å². The van der Waals surface area contributed by atoms with Gasteiger partial charge >= 0.3 is 0 Å². The van der Waals surface area contributed by atoms with Crippen LogP contribution in [0, 0.1) is 5.82 Å². The molecule has 0 saturated heterocycles. The summed E-state index contributed by atoms with van der Waals surface area (Å²) in [6.45, 7) is 0. The number of thiocarbonyl (C=S) groups is 1. The number of aromatic hydroxyl groups is 1. The topological polar surface area (TPSA) is 41.5 Å². The van der Waals surface area contributed by atoms with Crippen molar-refractivity contribution >= 4 is 23.1 Å². The van der Waals surface area contributed by atoms with Crippen molar-refractivity contribution in [1.29, 1.82) is 0 Å². The molecule has 0 amide bonds. The molecule has 0 atom stereocenters. The average Bonchev–Trinajstić information content (AvgIpc) is 2.35. The second-order valence-corrected chi connectivity index (χ2v) is 3.86. The summed E-state index contributed by atoms with van der Waals surface area (Å²) in [6, 6.07) is 12.2. The smallest absolute Gasteiger partial charge is 0.266 e. The molecule has 0 radical (unpaired) electrons. The second-order valence-electron chi connectivity index (χ2n) is 3.49. The molecule has 2 rings (SSSR count). The summed E-state index contributed by atoms with van der Waals surface area (Å²) in [4.78, 5) is 0. The number of hydrogen-bond acceptors (Lipinski definition) is 3. The molecule has 0 heterocycles. The van der Waals surface area contributed by atoms with Crippen molar-refractivity contribution in [2.24, 2.45) is 0 Å². The Morgan fingerprint density at radius 2 is 1.78 bits per heavy atom. The number of phenols is 1. The van der Waals surface area contributed by atoms with Gasteiger partial charge in [-0.15, -0.1) is 0 Å². The molecule has 2 aromatic rings. The lowest BCUT2D eigenvalue weighted by Gasteiger charge is -2.09. The van der Waals surface area contributed by atoms with Crippen LogP contribution in [0.3, 0.4) is 0 Å². The average molecular weight is 263 g/mol. The summed E-state index contributed by atoms with van der Waals surface area (Å²) in [7, 11) is 0. The van der Waals surface area contributed by atoms with Gasteiger partial charge in [0.15, 0.2) is 0 Å². The van der Waals surface area contributed by atoms with E-state index >= 15 is 0 Å². The molecule has 0 spiro atoms. The summed E-state index contributed by atoms with van der Waals surface area (Å²) < 4.78 is 18.6. The maximum absolute atomic E-state index is 13.3. The first-order valence-electron chi connectivity index (χ1n) is 5.17. The number of para-hydroxylation sites is 1. The Morgan fingerprint density at radius 1 is 1.11 bits per heavy atom. The third kappa shape index (κ3) is 3.18. The van der Waals surface area contributed by atoms with Gasteiger partial charge in [-0.05, 0) is 48.6 Å². The van der Waals surface area contributed by atoms with E-state index < -0.39 is 5.82 Å². The van der Waals surface area contributed by atoms with Crippen LogP contribution in [0.4, 0.5) is 10.1 Å². The number of nitrogens with one attached hydrogen (secondary N) is 1. The van der Waals surface area contributed by atoms with E-state index in [0.29, 0.717) is 5.75 Å². The number of hydrogen-bond donors (Lipinski definition) is 2. The van der Waals surface area contributed by atoms with Gasteiger partial charge in [0.1, 0.15) is 17.3 Å². The van der Waals surface area contributed by atoms with E-state index in [1.165, 1.54) is 18.2 Å². The van der Waals surface area contributed by atoms with Gasteiger partial charge in [-0.1, -0.05) is 12.1 Å². The van der Waals surface area contributed by atoms with Gasteiger partial charge in [0.2, 0.25) is 0 Å². The first kappa shape index (κ1) is 12.3. The molecule has 0 unspecified atom stereocenters. The predicted octanol–water partition coefficient (Wildman–Crippen LogP) is 3.31. The number of benzene rings is 2. The van der Waals surface area contributed by atoms with Crippen molar-refractivity contribution in [1.82, 2.24) is 0 Å². The van der Waals surface area contributed by atoms with E-state index in [9.17, 15) is 4.39 Å². The fraction of sp³-hybridized carbons (Fsp3) is 0. The Hall–Kier alpha value is -2.14.